The molecule has 0 spiro atoms. The molecule has 0 aliphatic heterocycles. The molecular formula is C12H12FNOS. The normalized spacial score (nSPS) is 10.3. The minimum Gasteiger partial charge on any atom is -0.491 e. The first-order chi connectivity index (χ1) is 7.75. The summed E-state index contributed by atoms with van der Waals surface area (Å²) in [7, 11) is 0. The van der Waals surface area contributed by atoms with Crippen molar-refractivity contribution in [2.75, 3.05) is 12.3 Å². The van der Waals surface area contributed by atoms with Crippen molar-refractivity contribution in [2.24, 2.45) is 0 Å². The lowest BCUT2D eigenvalue weighted by atomic mass is 10.3. The van der Waals surface area contributed by atoms with Gasteiger partial charge in [-0.05, 0) is 23.6 Å². The van der Waals surface area contributed by atoms with Crippen molar-refractivity contribution in [3.63, 3.8) is 0 Å². The topological polar surface area (TPSA) is 35.2 Å². The molecule has 0 bridgehead atoms. The Morgan fingerprint density at radius 3 is 2.94 bits per heavy atom. The van der Waals surface area contributed by atoms with Crippen LogP contribution in [0.5, 0.6) is 5.75 Å². The van der Waals surface area contributed by atoms with E-state index in [1.54, 1.807) is 11.3 Å². The van der Waals surface area contributed by atoms with Gasteiger partial charge in [0.1, 0.15) is 11.6 Å². The Hall–Kier alpha value is -1.55. The number of hydrogen-bond acceptors (Lipinski definition) is 3. The van der Waals surface area contributed by atoms with E-state index in [-0.39, 0.29) is 5.82 Å². The minimum atomic E-state index is -0.333. The van der Waals surface area contributed by atoms with Crippen LogP contribution >= 0.6 is 11.3 Å². The summed E-state index contributed by atoms with van der Waals surface area (Å²) in [5, 5.41) is 2.02. The highest BCUT2D eigenvalue weighted by molar-refractivity contribution is 7.09. The number of rotatable bonds is 4. The average Bonchev–Trinajstić information content (AvgIpc) is 2.76. The third-order valence-corrected chi connectivity index (χ3v) is 3.10. The zero-order chi connectivity index (χ0) is 11.4. The van der Waals surface area contributed by atoms with E-state index in [1.807, 2.05) is 17.5 Å². The van der Waals surface area contributed by atoms with Crippen molar-refractivity contribution in [3.05, 3.63) is 46.4 Å². The van der Waals surface area contributed by atoms with Gasteiger partial charge < -0.3 is 10.5 Å². The molecule has 2 nitrogen and oxygen atoms in total. The van der Waals surface area contributed by atoms with Crippen LogP contribution in [0, 0.1) is 5.82 Å². The highest BCUT2D eigenvalue weighted by Gasteiger charge is 2.02. The van der Waals surface area contributed by atoms with Crippen LogP contribution in [0.4, 0.5) is 10.1 Å². The number of anilines is 1. The lowest BCUT2D eigenvalue weighted by Gasteiger charge is -2.07. The van der Waals surface area contributed by atoms with Crippen LogP contribution in [0.3, 0.4) is 0 Å². The van der Waals surface area contributed by atoms with Gasteiger partial charge in [0, 0.05) is 17.4 Å². The summed E-state index contributed by atoms with van der Waals surface area (Å²) in [5.74, 6) is 0.0804. The molecule has 16 heavy (non-hydrogen) atoms. The second-order valence-corrected chi connectivity index (χ2v) is 4.39. The Balaban J connectivity index is 1.92. The molecule has 2 N–H and O–H groups in total. The Kier molecular flexibility index (Phi) is 3.41. The lowest BCUT2D eigenvalue weighted by molar-refractivity contribution is 0.323. The summed E-state index contributed by atoms with van der Waals surface area (Å²) in [5.41, 5.74) is 6.13. The van der Waals surface area contributed by atoms with E-state index in [2.05, 4.69) is 0 Å². The van der Waals surface area contributed by atoms with Crippen LogP contribution < -0.4 is 10.5 Å². The molecule has 1 aromatic heterocycles. The van der Waals surface area contributed by atoms with Gasteiger partial charge in [0.25, 0.3) is 0 Å². The van der Waals surface area contributed by atoms with E-state index < -0.39 is 0 Å². The van der Waals surface area contributed by atoms with E-state index in [4.69, 9.17) is 10.5 Å². The predicted molar refractivity (Wildman–Crippen MR) is 64.3 cm³/mol. The Bertz CT molecular complexity index is 456. The Morgan fingerprint density at radius 2 is 2.19 bits per heavy atom. The monoisotopic (exact) mass is 237 g/mol. The first-order valence-electron chi connectivity index (χ1n) is 4.96. The predicted octanol–water partition coefficient (Wildman–Crippen LogP) is 3.09. The number of benzene rings is 1. The van der Waals surface area contributed by atoms with Crippen molar-refractivity contribution in [1.29, 1.82) is 0 Å². The van der Waals surface area contributed by atoms with Gasteiger partial charge in [-0.3, -0.25) is 0 Å². The van der Waals surface area contributed by atoms with Gasteiger partial charge in [0.15, 0.2) is 0 Å². The molecule has 2 aromatic rings. The second kappa shape index (κ2) is 4.99. The van der Waals surface area contributed by atoms with Crippen molar-refractivity contribution in [2.45, 2.75) is 6.42 Å². The summed E-state index contributed by atoms with van der Waals surface area (Å²) in [6, 6.07) is 8.18. The molecule has 0 unspecified atom stereocenters. The van der Waals surface area contributed by atoms with E-state index in [0.29, 0.717) is 18.0 Å². The maximum Gasteiger partial charge on any atom is 0.145 e. The van der Waals surface area contributed by atoms with Gasteiger partial charge in [-0.1, -0.05) is 6.07 Å². The highest BCUT2D eigenvalue weighted by atomic mass is 32.1. The maximum absolute atomic E-state index is 12.9. The number of thiophene rings is 1. The third-order valence-electron chi connectivity index (χ3n) is 2.16. The fourth-order valence-electron chi connectivity index (χ4n) is 1.35. The molecule has 0 aliphatic rings. The first-order valence-corrected chi connectivity index (χ1v) is 5.84. The van der Waals surface area contributed by atoms with Crippen LogP contribution in [0.1, 0.15) is 4.88 Å². The average molecular weight is 237 g/mol. The molecule has 1 heterocycles. The SMILES string of the molecule is Nc1ccc(F)cc1OCCc1cccs1. The van der Waals surface area contributed by atoms with Crippen molar-refractivity contribution >= 4 is 17.0 Å². The molecule has 0 atom stereocenters. The van der Waals surface area contributed by atoms with Gasteiger partial charge >= 0.3 is 0 Å². The Labute approximate surface area is 97.5 Å². The number of nitrogen functional groups attached to an aromatic ring is 1. The molecule has 4 heteroatoms. The van der Waals surface area contributed by atoms with Gasteiger partial charge in [0.2, 0.25) is 0 Å². The van der Waals surface area contributed by atoms with Gasteiger partial charge in [-0.2, -0.15) is 0 Å². The lowest BCUT2D eigenvalue weighted by Crippen LogP contribution is -2.02. The summed E-state index contributed by atoms with van der Waals surface area (Å²) >= 11 is 1.68. The molecule has 0 radical (unpaired) electrons. The van der Waals surface area contributed by atoms with Crippen LogP contribution in [0.15, 0.2) is 35.7 Å². The zero-order valence-electron chi connectivity index (χ0n) is 8.65. The van der Waals surface area contributed by atoms with E-state index in [1.165, 1.54) is 23.1 Å². The summed E-state index contributed by atoms with van der Waals surface area (Å²) in [6.07, 6.45) is 0.813. The van der Waals surface area contributed by atoms with Gasteiger partial charge in [-0.15, -0.1) is 11.3 Å². The second-order valence-electron chi connectivity index (χ2n) is 3.36. The number of ether oxygens (including phenoxy) is 1. The highest BCUT2D eigenvalue weighted by Crippen LogP contribution is 2.22. The maximum atomic E-state index is 12.9. The molecule has 2 rings (SSSR count). The molecule has 84 valence electrons. The van der Waals surface area contributed by atoms with Gasteiger partial charge in [0.05, 0.1) is 12.3 Å². The molecule has 0 saturated heterocycles. The number of halogens is 1. The van der Waals surface area contributed by atoms with Crippen LogP contribution in [0.2, 0.25) is 0 Å². The van der Waals surface area contributed by atoms with Crippen LogP contribution in [-0.4, -0.2) is 6.61 Å². The van der Waals surface area contributed by atoms with E-state index in [9.17, 15) is 4.39 Å². The Morgan fingerprint density at radius 1 is 1.31 bits per heavy atom. The molecular weight excluding hydrogens is 225 g/mol. The number of nitrogens with two attached hydrogens (primary N) is 1. The molecule has 0 aliphatic carbocycles. The first kappa shape index (κ1) is 11.0. The van der Waals surface area contributed by atoms with E-state index >= 15 is 0 Å². The molecule has 1 aromatic carbocycles. The summed E-state index contributed by atoms with van der Waals surface area (Å²) in [4.78, 5) is 1.25. The largest absolute Gasteiger partial charge is 0.491 e. The fraction of sp³-hybridized carbons (Fsp3) is 0.167. The van der Waals surface area contributed by atoms with Crippen molar-refractivity contribution in [3.8, 4) is 5.75 Å². The number of hydrogen-bond donors (Lipinski definition) is 1. The minimum absolute atomic E-state index is 0.333. The standard InChI is InChI=1S/C12H12FNOS/c13-9-3-4-11(14)12(8-9)15-6-5-10-2-1-7-16-10/h1-4,7-8H,5-6,14H2. The quantitative estimate of drug-likeness (QED) is 0.829. The van der Waals surface area contributed by atoms with Gasteiger partial charge in [-0.25, -0.2) is 4.39 Å². The zero-order valence-corrected chi connectivity index (χ0v) is 9.47. The molecule has 0 saturated carbocycles. The third kappa shape index (κ3) is 2.73. The fourth-order valence-corrected chi connectivity index (χ4v) is 2.04. The van der Waals surface area contributed by atoms with Crippen LogP contribution in [0.25, 0.3) is 0 Å². The van der Waals surface area contributed by atoms with Crippen molar-refractivity contribution < 1.29 is 9.13 Å². The van der Waals surface area contributed by atoms with Crippen molar-refractivity contribution in [1.82, 2.24) is 0 Å². The van der Waals surface area contributed by atoms with E-state index in [0.717, 1.165) is 6.42 Å². The van der Waals surface area contributed by atoms with Crippen LogP contribution in [-0.2, 0) is 6.42 Å². The smallest absolute Gasteiger partial charge is 0.145 e. The molecule has 0 amide bonds. The summed E-state index contributed by atoms with van der Waals surface area (Å²) in [6.45, 7) is 0.508. The molecule has 0 fully saturated rings. The summed E-state index contributed by atoms with van der Waals surface area (Å²) < 4.78 is 18.3.